The fourth-order valence-electron chi connectivity index (χ4n) is 0. The SMILES string of the molecule is Br.CC.CC.CC=O.CCBr.CCBr.CCOC.O=CO[O-].[B].[H-].[H-].[K+].[K+].[Na+]. The fourth-order valence-corrected chi connectivity index (χ4v) is 0. The predicted octanol–water partition coefficient (Wildman–Crippen LogP) is -4.42. The molecule has 26 heavy (non-hydrogen) atoms. The Hall–Kier alpha value is 4.84. The molecule has 0 aromatic rings. The molecule has 3 radical (unpaired) electrons. The van der Waals surface area contributed by atoms with E-state index < -0.39 is 0 Å². The summed E-state index contributed by atoms with van der Waals surface area (Å²) in [4.78, 5) is 20.1. The molecule has 0 amide bonds. The standard InChI is InChI=1S/C3H8O.2C2H5Br.C2H4O.2C2H6.CH2O3.B.BrH.2K.Na.2H/c1-3-4-2;3*1-2-3;2*1-2;2-1-4-3;;;;;;;/h3H2,1-2H3;2*2H2,1H3;2H,1H3;2*1-2H3;1,3H;;1H;;;;;/q;;;;;;;;;3*+1;2*-1/p-1. The van der Waals surface area contributed by atoms with Gasteiger partial charge in [0.15, 0.2) is 0 Å². The van der Waals surface area contributed by atoms with Gasteiger partial charge in [0.1, 0.15) is 6.29 Å². The van der Waals surface area contributed by atoms with Crippen LogP contribution in [0, 0.1) is 0 Å². The number of carbonyl (C=O) groups is 2. The zero-order valence-electron chi connectivity index (χ0n) is 21.1. The summed E-state index contributed by atoms with van der Waals surface area (Å²) in [5, 5.41) is 10.6. The van der Waals surface area contributed by atoms with E-state index in [1.165, 1.54) is 6.92 Å². The number of ether oxygens (including phenoxy) is 1. The summed E-state index contributed by atoms with van der Waals surface area (Å²) in [5.74, 6) is 0. The maximum atomic E-state index is 8.81. The first-order chi connectivity index (χ1) is 10.1. The van der Waals surface area contributed by atoms with Crippen LogP contribution in [0.15, 0.2) is 0 Å². The monoisotopic (exact) mass is 635 g/mol. The Morgan fingerprint density at radius 3 is 1.04 bits per heavy atom. The summed E-state index contributed by atoms with van der Waals surface area (Å²) in [6.45, 7) is 16.1. The van der Waals surface area contributed by atoms with E-state index in [-0.39, 0.29) is 167 Å². The average Bonchev–Trinajstić information content (AvgIpc) is 2.53. The maximum Gasteiger partial charge on any atom is 1.00 e. The van der Waals surface area contributed by atoms with E-state index in [1.807, 2.05) is 48.5 Å². The van der Waals surface area contributed by atoms with E-state index in [0.717, 1.165) is 23.6 Å². The molecule has 0 saturated carbocycles. The van der Waals surface area contributed by atoms with Crippen molar-refractivity contribution in [3.05, 3.63) is 0 Å². The zero-order chi connectivity index (χ0) is 18.9. The second-order valence-electron chi connectivity index (χ2n) is 1.54. The minimum atomic E-state index is -0.181. The fraction of sp³-hybridized carbons (Fsp3) is 0.857. The van der Waals surface area contributed by atoms with Gasteiger partial charge in [-0.15, -0.1) is 17.0 Å². The van der Waals surface area contributed by atoms with Gasteiger partial charge < -0.3 is 22.5 Å². The molecule has 0 N–H and O–H groups in total. The maximum absolute atomic E-state index is 8.81. The van der Waals surface area contributed by atoms with Gasteiger partial charge in [-0.2, -0.15) is 0 Å². The van der Waals surface area contributed by atoms with Gasteiger partial charge in [-0.05, 0) is 13.8 Å². The molecule has 5 nitrogen and oxygen atoms in total. The van der Waals surface area contributed by atoms with Gasteiger partial charge in [0.2, 0.25) is 0 Å². The van der Waals surface area contributed by atoms with Crippen molar-refractivity contribution < 1.29 is 160 Å². The van der Waals surface area contributed by atoms with E-state index in [4.69, 9.17) is 14.8 Å². The Morgan fingerprint density at radius 2 is 1.04 bits per heavy atom. The Labute approximate surface area is 303 Å². The van der Waals surface area contributed by atoms with Crippen LogP contribution >= 0.6 is 48.8 Å². The third kappa shape index (κ3) is 478. The minimum Gasteiger partial charge on any atom is -1.00 e. The molecule has 0 atom stereocenters. The molecule has 0 aromatic heterocycles. The second-order valence-corrected chi connectivity index (χ2v) is 3.78. The predicted molar refractivity (Wildman–Crippen MR) is 116 cm³/mol. The minimum absolute atomic E-state index is 0. The number of hydrogen-bond acceptors (Lipinski definition) is 5. The molecule has 0 aromatic carbocycles. The van der Waals surface area contributed by atoms with Crippen LogP contribution in [-0.2, 0) is 19.2 Å². The zero-order valence-corrected chi connectivity index (χ0v) is 32.2. The summed E-state index contributed by atoms with van der Waals surface area (Å²) in [6.07, 6.45) is 0.750. The smallest absolute Gasteiger partial charge is 1.00 e. The topological polar surface area (TPSA) is 75.7 Å². The van der Waals surface area contributed by atoms with Gasteiger partial charge in [0, 0.05) is 32.8 Å². The Kier molecular flexibility index (Phi) is 527. The molecule has 0 fully saturated rings. The van der Waals surface area contributed by atoms with Gasteiger partial charge in [-0.3, -0.25) is 4.79 Å². The molecule has 0 rings (SSSR count). The number of methoxy groups -OCH3 is 1. The van der Waals surface area contributed by atoms with Crippen LogP contribution in [0.1, 0.15) is 58.2 Å². The Bertz CT molecular complexity index is 129. The summed E-state index contributed by atoms with van der Waals surface area (Å²) >= 11 is 6.29. The summed E-state index contributed by atoms with van der Waals surface area (Å²) in [5.41, 5.74) is 0. The van der Waals surface area contributed by atoms with Crippen LogP contribution in [0.4, 0.5) is 0 Å². The average molecular weight is 638 g/mol. The molecule has 0 aliphatic heterocycles. The number of carbonyl (C=O) groups excluding carboxylic acids is 2. The van der Waals surface area contributed by atoms with Crippen LogP contribution in [0.2, 0.25) is 0 Å². The second kappa shape index (κ2) is 177. The van der Waals surface area contributed by atoms with Gasteiger partial charge in [0.05, 0.1) is 0 Å². The molecule has 12 heteroatoms. The quantitative estimate of drug-likeness (QED) is 0.101. The molecular formula is C14H38BBr3K2NaO5. The van der Waals surface area contributed by atoms with E-state index in [1.54, 1.807) is 7.11 Å². The Balaban J connectivity index is -0.00000000661. The van der Waals surface area contributed by atoms with Crippen molar-refractivity contribution >= 4 is 70.0 Å². The van der Waals surface area contributed by atoms with Crippen LogP contribution in [-0.4, -0.2) is 45.5 Å². The molecule has 0 aliphatic rings. The van der Waals surface area contributed by atoms with Crippen LogP contribution in [0.25, 0.3) is 0 Å². The third-order valence-electron chi connectivity index (χ3n) is 0.328. The van der Waals surface area contributed by atoms with Crippen molar-refractivity contribution in [2.24, 2.45) is 0 Å². The normalized spacial score (nSPS) is 4.31. The first kappa shape index (κ1) is 77.4. The molecule has 0 heterocycles. The van der Waals surface area contributed by atoms with Gasteiger partial charge in [0.25, 0.3) is 6.47 Å². The molecular weight excluding hydrogens is 600 g/mol. The summed E-state index contributed by atoms with van der Waals surface area (Å²) < 4.78 is 4.54. The van der Waals surface area contributed by atoms with E-state index in [0.29, 0.717) is 0 Å². The number of hydrogen-bond donors (Lipinski definition) is 0. The summed E-state index contributed by atoms with van der Waals surface area (Å²) in [7, 11) is 1.68. The van der Waals surface area contributed by atoms with Crippen LogP contribution in [0.5, 0.6) is 0 Å². The van der Waals surface area contributed by atoms with Gasteiger partial charge in [-0.1, -0.05) is 73.4 Å². The number of halogens is 3. The molecule has 151 valence electrons. The molecule has 0 aliphatic carbocycles. The van der Waals surface area contributed by atoms with Crippen molar-refractivity contribution in [2.75, 3.05) is 24.4 Å². The van der Waals surface area contributed by atoms with Crippen molar-refractivity contribution in [1.82, 2.24) is 0 Å². The van der Waals surface area contributed by atoms with E-state index in [9.17, 15) is 0 Å². The number of alkyl halides is 2. The van der Waals surface area contributed by atoms with Gasteiger partial charge >= 0.3 is 132 Å². The molecule has 0 saturated heterocycles. The number of rotatable bonds is 2. The first-order valence-electron chi connectivity index (χ1n) is 6.80. The largest absolute Gasteiger partial charge is 1.00 e. The van der Waals surface area contributed by atoms with E-state index >= 15 is 0 Å². The molecule has 0 bridgehead atoms. The Morgan fingerprint density at radius 1 is 0.962 bits per heavy atom. The number of aldehydes is 1. The van der Waals surface area contributed by atoms with Crippen molar-refractivity contribution in [1.29, 1.82) is 0 Å². The first-order valence-corrected chi connectivity index (χ1v) is 9.05. The summed E-state index contributed by atoms with van der Waals surface area (Å²) in [6, 6.07) is 0. The van der Waals surface area contributed by atoms with Crippen molar-refractivity contribution in [3.8, 4) is 0 Å². The molecule has 0 spiro atoms. The van der Waals surface area contributed by atoms with Crippen LogP contribution < -0.4 is 138 Å². The van der Waals surface area contributed by atoms with Crippen LogP contribution in [0.3, 0.4) is 0 Å². The third-order valence-corrected chi connectivity index (χ3v) is 0.328. The van der Waals surface area contributed by atoms with Gasteiger partial charge in [-0.25, -0.2) is 0 Å². The van der Waals surface area contributed by atoms with E-state index in [2.05, 4.69) is 41.5 Å². The van der Waals surface area contributed by atoms with Crippen molar-refractivity contribution in [2.45, 2.75) is 55.4 Å². The van der Waals surface area contributed by atoms with Crippen molar-refractivity contribution in [3.63, 3.8) is 0 Å². The molecule has 0 unspecified atom stereocenters.